The van der Waals surface area contributed by atoms with Gasteiger partial charge in [0.25, 0.3) is 0 Å². The molecule has 1 N–H and O–H groups in total. The van der Waals surface area contributed by atoms with Crippen molar-refractivity contribution in [3.63, 3.8) is 0 Å². The first kappa shape index (κ1) is 26.4. The number of hydrogen-bond acceptors (Lipinski definition) is 6. The summed E-state index contributed by atoms with van der Waals surface area (Å²) in [6, 6.07) is 14.9. The highest BCUT2D eigenvalue weighted by molar-refractivity contribution is 6.13. The standard InChI is InChI=1S/C31H31NO6/c1-32-19-24(23-10-6-7-11-25(23)32)26(33)12-8-9-21-18-28(35-2)27(34)17-22(21)14-13-20-15-29(36-3)31(38-5)30(16-20)37-4/h6-8,10-19,34H,9H2,1-5H3/b12-8-,14-13-. The quantitative estimate of drug-likeness (QED) is 0.158. The van der Waals surface area contributed by atoms with Crippen LogP contribution in [0.15, 0.2) is 66.9 Å². The molecule has 0 fully saturated rings. The van der Waals surface area contributed by atoms with Gasteiger partial charge in [0.1, 0.15) is 0 Å². The van der Waals surface area contributed by atoms with E-state index < -0.39 is 0 Å². The highest BCUT2D eigenvalue weighted by Crippen LogP contribution is 2.39. The van der Waals surface area contributed by atoms with Crippen LogP contribution >= 0.6 is 0 Å². The maximum Gasteiger partial charge on any atom is 0.203 e. The molecule has 7 heteroatoms. The van der Waals surface area contributed by atoms with Gasteiger partial charge in [0.2, 0.25) is 5.75 Å². The summed E-state index contributed by atoms with van der Waals surface area (Å²) in [5, 5.41) is 11.3. The van der Waals surface area contributed by atoms with Gasteiger partial charge in [-0.3, -0.25) is 4.79 Å². The number of ketones is 1. The molecular weight excluding hydrogens is 482 g/mol. The number of benzene rings is 3. The van der Waals surface area contributed by atoms with E-state index in [0.717, 1.165) is 27.6 Å². The van der Waals surface area contributed by atoms with Gasteiger partial charge in [-0.1, -0.05) is 36.4 Å². The Morgan fingerprint density at radius 3 is 2.24 bits per heavy atom. The number of allylic oxidation sites excluding steroid dienone is 2. The molecule has 0 aliphatic carbocycles. The zero-order valence-corrected chi connectivity index (χ0v) is 22.1. The first-order valence-electron chi connectivity index (χ1n) is 12.0. The second-order valence-electron chi connectivity index (χ2n) is 8.66. The predicted octanol–water partition coefficient (Wildman–Crippen LogP) is 6.07. The van der Waals surface area contributed by atoms with Crippen molar-refractivity contribution >= 4 is 28.8 Å². The lowest BCUT2D eigenvalue weighted by molar-refractivity contribution is 0.104. The van der Waals surface area contributed by atoms with Crippen molar-refractivity contribution in [3.05, 3.63) is 89.1 Å². The average Bonchev–Trinajstić information content (AvgIpc) is 3.28. The van der Waals surface area contributed by atoms with Crippen LogP contribution in [0.5, 0.6) is 28.7 Å². The molecule has 0 bridgehead atoms. The number of nitrogens with zero attached hydrogens (tertiary/aromatic N) is 1. The zero-order valence-electron chi connectivity index (χ0n) is 22.1. The fourth-order valence-electron chi connectivity index (χ4n) is 4.43. The first-order valence-corrected chi connectivity index (χ1v) is 12.0. The molecule has 0 spiro atoms. The van der Waals surface area contributed by atoms with Crippen LogP contribution in [0.2, 0.25) is 0 Å². The first-order chi connectivity index (χ1) is 18.4. The third-order valence-corrected chi connectivity index (χ3v) is 6.35. The van der Waals surface area contributed by atoms with E-state index in [0.29, 0.717) is 35.0 Å². The monoisotopic (exact) mass is 513 g/mol. The van der Waals surface area contributed by atoms with Crippen LogP contribution in [-0.2, 0) is 13.5 Å². The van der Waals surface area contributed by atoms with Crippen molar-refractivity contribution in [3.8, 4) is 28.7 Å². The minimum absolute atomic E-state index is 0.0246. The molecule has 0 saturated heterocycles. The number of rotatable bonds is 10. The molecule has 1 aromatic heterocycles. The Morgan fingerprint density at radius 2 is 1.58 bits per heavy atom. The number of fused-ring (bicyclic) bond motifs is 1. The van der Waals surface area contributed by atoms with Crippen molar-refractivity contribution in [2.24, 2.45) is 7.05 Å². The maximum absolute atomic E-state index is 13.0. The van der Waals surface area contributed by atoms with Crippen molar-refractivity contribution in [2.75, 3.05) is 28.4 Å². The van der Waals surface area contributed by atoms with E-state index in [-0.39, 0.29) is 11.5 Å². The number of aromatic nitrogens is 1. The molecule has 4 rings (SSSR count). The summed E-state index contributed by atoms with van der Waals surface area (Å²) in [6.45, 7) is 0. The fourth-order valence-corrected chi connectivity index (χ4v) is 4.43. The van der Waals surface area contributed by atoms with Gasteiger partial charge in [0, 0.05) is 29.7 Å². The molecule has 7 nitrogen and oxygen atoms in total. The number of aryl methyl sites for hydroxylation is 1. The van der Waals surface area contributed by atoms with Gasteiger partial charge in [-0.2, -0.15) is 0 Å². The number of ether oxygens (including phenoxy) is 4. The SMILES string of the molecule is COc1cc(C/C=C\C(=O)c2cn(C)c3ccccc23)c(/C=C\c2cc(OC)c(OC)c(OC)c2)cc1O. The van der Waals surface area contributed by atoms with E-state index in [4.69, 9.17) is 18.9 Å². The minimum Gasteiger partial charge on any atom is -0.504 e. The number of methoxy groups -OCH3 is 4. The molecule has 1 heterocycles. The molecule has 0 unspecified atom stereocenters. The third-order valence-electron chi connectivity index (χ3n) is 6.35. The van der Waals surface area contributed by atoms with E-state index in [1.54, 1.807) is 39.5 Å². The number of carbonyl (C=O) groups is 1. The highest BCUT2D eigenvalue weighted by Gasteiger charge is 2.14. The summed E-state index contributed by atoms with van der Waals surface area (Å²) >= 11 is 0. The minimum atomic E-state index is -0.0675. The van der Waals surface area contributed by atoms with Crippen LogP contribution in [-0.4, -0.2) is 43.9 Å². The van der Waals surface area contributed by atoms with Crippen molar-refractivity contribution in [2.45, 2.75) is 6.42 Å². The van der Waals surface area contributed by atoms with Gasteiger partial charge in [-0.15, -0.1) is 0 Å². The summed E-state index contributed by atoms with van der Waals surface area (Å²) < 4.78 is 23.6. The van der Waals surface area contributed by atoms with Gasteiger partial charge < -0.3 is 28.6 Å². The van der Waals surface area contributed by atoms with Crippen LogP contribution in [0.25, 0.3) is 23.1 Å². The molecule has 0 amide bonds. The normalized spacial score (nSPS) is 11.4. The average molecular weight is 514 g/mol. The lowest BCUT2D eigenvalue weighted by atomic mass is 10.0. The largest absolute Gasteiger partial charge is 0.504 e. The smallest absolute Gasteiger partial charge is 0.203 e. The van der Waals surface area contributed by atoms with Gasteiger partial charge in [0.15, 0.2) is 28.8 Å². The van der Waals surface area contributed by atoms with Gasteiger partial charge in [-0.05, 0) is 59.5 Å². The van der Waals surface area contributed by atoms with Gasteiger partial charge in [0.05, 0.1) is 28.4 Å². The lowest BCUT2D eigenvalue weighted by Gasteiger charge is -2.13. The topological polar surface area (TPSA) is 79.2 Å². The molecular formula is C31H31NO6. The Hall–Kier alpha value is -4.65. The Bertz CT molecular complexity index is 1500. The van der Waals surface area contributed by atoms with E-state index >= 15 is 0 Å². The fraction of sp³-hybridized carbons (Fsp3) is 0.194. The van der Waals surface area contributed by atoms with Crippen molar-refractivity contribution in [1.82, 2.24) is 4.57 Å². The maximum atomic E-state index is 13.0. The van der Waals surface area contributed by atoms with Crippen molar-refractivity contribution < 1.29 is 28.8 Å². The number of carbonyl (C=O) groups excluding carboxylic acids is 1. The summed E-state index contributed by atoms with van der Waals surface area (Å²) in [6.07, 6.45) is 9.50. The molecule has 0 radical (unpaired) electrons. The number of para-hydroxylation sites is 1. The second kappa shape index (κ2) is 11.6. The molecule has 4 aromatic rings. The number of phenols is 1. The Morgan fingerprint density at radius 1 is 0.895 bits per heavy atom. The molecule has 196 valence electrons. The Balaban J connectivity index is 1.63. The molecule has 3 aromatic carbocycles. The summed E-state index contributed by atoms with van der Waals surface area (Å²) in [5.41, 5.74) is 4.14. The van der Waals surface area contributed by atoms with Gasteiger partial charge in [-0.25, -0.2) is 0 Å². The van der Waals surface area contributed by atoms with Crippen LogP contribution in [0, 0.1) is 0 Å². The molecule has 0 saturated carbocycles. The number of hydrogen-bond donors (Lipinski definition) is 1. The second-order valence-corrected chi connectivity index (χ2v) is 8.66. The highest BCUT2D eigenvalue weighted by atomic mass is 16.5. The van der Waals surface area contributed by atoms with E-state index in [9.17, 15) is 9.90 Å². The molecule has 38 heavy (non-hydrogen) atoms. The van der Waals surface area contributed by atoms with E-state index in [2.05, 4.69) is 0 Å². The van der Waals surface area contributed by atoms with E-state index in [1.165, 1.54) is 7.11 Å². The van der Waals surface area contributed by atoms with Crippen molar-refractivity contribution in [1.29, 1.82) is 0 Å². The number of phenolic OH excluding ortho intramolecular Hbond substituents is 1. The van der Waals surface area contributed by atoms with Crippen LogP contribution in [0.1, 0.15) is 27.0 Å². The third kappa shape index (κ3) is 5.37. The molecule has 0 aliphatic rings. The zero-order chi connectivity index (χ0) is 27.2. The predicted molar refractivity (Wildman–Crippen MR) is 150 cm³/mol. The molecule has 0 atom stereocenters. The Kier molecular flexibility index (Phi) is 8.06. The van der Waals surface area contributed by atoms with Crippen LogP contribution in [0.4, 0.5) is 0 Å². The Labute approximate surface area is 222 Å². The lowest BCUT2D eigenvalue weighted by Crippen LogP contribution is -1.96. The van der Waals surface area contributed by atoms with E-state index in [1.807, 2.05) is 72.4 Å². The number of aromatic hydroxyl groups is 1. The summed E-state index contributed by atoms with van der Waals surface area (Å²) in [4.78, 5) is 13.0. The summed E-state index contributed by atoms with van der Waals surface area (Å²) in [7, 11) is 8.12. The van der Waals surface area contributed by atoms with Crippen LogP contribution < -0.4 is 18.9 Å². The summed E-state index contributed by atoms with van der Waals surface area (Å²) in [5.74, 6) is 1.91. The molecule has 0 aliphatic heterocycles. The van der Waals surface area contributed by atoms with Gasteiger partial charge >= 0.3 is 0 Å². The van der Waals surface area contributed by atoms with Crippen LogP contribution in [0.3, 0.4) is 0 Å².